The second-order valence-corrected chi connectivity index (χ2v) is 5.30. The molecular weight excluding hydrogens is 378 g/mol. The number of anilines is 2. The monoisotopic (exact) mass is 385 g/mol. The first-order chi connectivity index (χ1) is 9.11. The van der Waals surface area contributed by atoms with E-state index in [0.29, 0.717) is 5.82 Å². The van der Waals surface area contributed by atoms with Crippen LogP contribution in [-0.2, 0) is 4.74 Å². The highest BCUT2D eigenvalue weighted by Crippen LogP contribution is 2.29. The Bertz CT molecular complexity index is 620. The number of rotatable bonds is 3. The van der Waals surface area contributed by atoms with Gasteiger partial charge in [-0.15, -0.1) is 0 Å². The third kappa shape index (κ3) is 3.30. The zero-order valence-corrected chi connectivity index (χ0v) is 13.0. The van der Waals surface area contributed by atoms with Crippen molar-refractivity contribution in [2.24, 2.45) is 0 Å². The second-order valence-electron chi connectivity index (χ2n) is 3.53. The number of aromatic nitrogens is 2. The van der Waals surface area contributed by atoms with Crippen LogP contribution in [0.3, 0.4) is 0 Å². The number of carbonyl (C=O) groups is 1. The summed E-state index contributed by atoms with van der Waals surface area (Å²) in [6.45, 7) is 0. The molecule has 0 atom stereocenters. The summed E-state index contributed by atoms with van der Waals surface area (Å²) in [4.78, 5) is 19.5. The normalized spacial score (nSPS) is 10.1. The van der Waals surface area contributed by atoms with Crippen molar-refractivity contribution in [3.8, 4) is 0 Å². The van der Waals surface area contributed by atoms with Crippen molar-refractivity contribution in [2.45, 2.75) is 0 Å². The SMILES string of the molecule is COC(=O)c1cncnc1Nc1ccc(Br)cc1Br. The first-order valence-electron chi connectivity index (χ1n) is 5.22. The van der Waals surface area contributed by atoms with Gasteiger partial charge in [-0.25, -0.2) is 14.8 Å². The van der Waals surface area contributed by atoms with Gasteiger partial charge in [-0.2, -0.15) is 0 Å². The fraction of sp³-hybridized carbons (Fsp3) is 0.0833. The van der Waals surface area contributed by atoms with Gasteiger partial charge in [0.15, 0.2) is 0 Å². The quantitative estimate of drug-likeness (QED) is 0.817. The van der Waals surface area contributed by atoms with E-state index in [1.807, 2.05) is 18.2 Å². The molecule has 0 saturated carbocycles. The number of benzene rings is 1. The van der Waals surface area contributed by atoms with Crippen molar-refractivity contribution in [3.63, 3.8) is 0 Å². The van der Waals surface area contributed by atoms with Crippen LogP contribution in [0.4, 0.5) is 11.5 Å². The third-order valence-electron chi connectivity index (χ3n) is 2.30. The van der Waals surface area contributed by atoms with Crippen molar-refractivity contribution < 1.29 is 9.53 Å². The van der Waals surface area contributed by atoms with Gasteiger partial charge < -0.3 is 10.1 Å². The predicted octanol–water partition coefficient (Wildman–Crippen LogP) is 3.53. The van der Waals surface area contributed by atoms with Crippen LogP contribution in [-0.4, -0.2) is 23.0 Å². The maximum atomic E-state index is 11.6. The van der Waals surface area contributed by atoms with Crippen LogP contribution in [0.5, 0.6) is 0 Å². The van der Waals surface area contributed by atoms with Gasteiger partial charge in [-0.1, -0.05) is 15.9 Å². The number of carbonyl (C=O) groups excluding carboxylic acids is 1. The van der Waals surface area contributed by atoms with Gasteiger partial charge in [0.25, 0.3) is 0 Å². The smallest absolute Gasteiger partial charge is 0.343 e. The van der Waals surface area contributed by atoms with Crippen LogP contribution in [0.2, 0.25) is 0 Å². The van der Waals surface area contributed by atoms with Gasteiger partial charge in [0, 0.05) is 15.1 Å². The Hall–Kier alpha value is -1.47. The van der Waals surface area contributed by atoms with E-state index < -0.39 is 5.97 Å². The Morgan fingerprint density at radius 1 is 1.37 bits per heavy atom. The Labute approximate surface area is 126 Å². The molecule has 0 spiro atoms. The van der Waals surface area contributed by atoms with Gasteiger partial charge in [0.05, 0.1) is 12.8 Å². The molecule has 0 unspecified atom stereocenters. The molecule has 1 aromatic heterocycles. The molecule has 0 radical (unpaired) electrons. The molecule has 7 heteroatoms. The third-order valence-corrected chi connectivity index (χ3v) is 3.45. The Morgan fingerprint density at radius 2 is 2.16 bits per heavy atom. The lowest BCUT2D eigenvalue weighted by Crippen LogP contribution is -2.08. The van der Waals surface area contributed by atoms with E-state index in [0.717, 1.165) is 14.6 Å². The number of nitrogens with one attached hydrogen (secondary N) is 1. The molecule has 98 valence electrons. The lowest BCUT2D eigenvalue weighted by molar-refractivity contribution is 0.0601. The molecule has 0 saturated heterocycles. The summed E-state index contributed by atoms with van der Waals surface area (Å²) in [5.74, 6) is -0.0961. The van der Waals surface area contributed by atoms with Crippen molar-refractivity contribution in [3.05, 3.63) is 45.2 Å². The van der Waals surface area contributed by atoms with Gasteiger partial charge in [0.2, 0.25) is 0 Å². The van der Waals surface area contributed by atoms with Crippen LogP contribution in [0.15, 0.2) is 39.7 Å². The molecule has 1 heterocycles. The highest BCUT2D eigenvalue weighted by Gasteiger charge is 2.14. The Balaban J connectivity index is 2.35. The molecule has 0 aliphatic carbocycles. The van der Waals surface area contributed by atoms with E-state index in [1.165, 1.54) is 19.6 Å². The minimum atomic E-state index is -0.490. The fourth-order valence-electron chi connectivity index (χ4n) is 1.41. The van der Waals surface area contributed by atoms with E-state index in [4.69, 9.17) is 0 Å². The highest BCUT2D eigenvalue weighted by atomic mass is 79.9. The minimum Gasteiger partial charge on any atom is -0.465 e. The summed E-state index contributed by atoms with van der Waals surface area (Å²) in [5, 5.41) is 3.06. The first kappa shape index (κ1) is 14.0. The zero-order chi connectivity index (χ0) is 13.8. The molecule has 0 fully saturated rings. The standard InChI is InChI=1S/C12H9Br2N3O2/c1-19-12(18)8-5-15-6-16-11(8)17-10-3-2-7(13)4-9(10)14/h2-6H,1H3,(H,15,16,17). The van der Waals surface area contributed by atoms with E-state index in [1.54, 1.807) is 0 Å². The number of hydrogen-bond donors (Lipinski definition) is 1. The van der Waals surface area contributed by atoms with Gasteiger partial charge in [-0.05, 0) is 34.1 Å². The van der Waals surface area contributed by atoms with E-state index in [-0.39, 0.29) is 5.56 Å². The molecule has 1 aromatic carbocycles. The van der Waals surface area contributed by atoms with Crippen LogP contribution in [0.25, 0.3) is 0 Å². The number of methoxy groups -OCH3 is 1. The molecule has 5 nitrogen and oxygen atoms in total. The van der Waals surface area contributed by atoms with Crippen molar-refractivity contribution >= 4 is 49.3 Å². The second kappa shape index (κ2) is 6.12. The van der Waals surface area contributed by atoms with Crippen molar-refractivity contribution in [2.75, 3.05) is 12.4 Å². The van der Waals surface area contributed by atoms with E-state index >= 15 is 0 Å². The van der Waals surface area contributed by atoms with Crippen LogP contribution in [0.1, 0.15) is 10.4 Å². The summed E-state index contributed by atoms with van der Waals surface area (Å²) in [7, 11) is 1.31. The number of halogens is 2. The number of ether oxygens (including phenoxy) is 1. The molecule has 2 rings (SSSR count). The molecule has 2 aromatic rings. The summed E-state index contributed by atoms with van der Waals surface area (Å²) < 4.78 is 6.47. The molecular formula is C12H9Br2N3O2. The lowest BCUT2D eigenvalue weighted by Gasteiger charge is -2.10. The maximum Gasteiger partial charge on any atom is 0.343 e. The van der Waals surface area contributed by atoms with Crippen molar-refractivity contribution in [1.29, 1.82) is 0 Å². The molecule has 0 amide bonds. The number of nitrogens with zero attached hydrogens (tertiary/aromatic N) is 2. The van der Waals surface area contributed by atoms with Gasteiger partial charge in [-0.3, -0.25) is 0 Å². The number of esters is 1. The van der Waals surface area contributed by atoms with Gasteiger partial charge >= 0.3 is 5.97 Å². The fourth-order valence-corrected chi connectivity index (χ4v) is 2.55. The molecule has 0 aliphatic heterocycles. The average Bonchev–Trinajstić information content (AvgIpc) is 2.41. The van der Waals surface area contributed by atoms with Crippen LogP contribution < -0.4 is 5.32 Å². The Morgan fingerprint density at radius 3 is 2.84 bits per heavy atom. The molecule has 19 heavy (non-hydrogen) atoms. The molecule has 1 N–H and O–H groups in total. The number of hydrogen-bond acceptors (Lipinski definition) is 5. The summed E-state index contributed by atoms with van der Waals surface area (Å²) in [6, 6.07) is 5.63. The highest BCUT2D eigenvalue weighted by molar-refractivity contribution is 9.11. The minimum absolute atomic E-state index is 0.278. The topological polar surface area (TPSA) is 64.1 Å². The predicted molar refractivity (Wildman–Crippen MR) is 78.5 cm³/mol. The molecule has 0 aliphatic rings. The zero-order valence-electron chi connectivity index (χ0n) is 9.85. The summed E-state index contributed by atoms with van der Waals surface area (Å²) in [5.41, 5.74) is 1.06. The van der Waals surface area contributed by atoms with Crippen LogP contribution in [0, 0.1) is 0 Å². The first-order valence-corrected chi connectivity index (χ1v) is 6.81. The largest absolute Gasteiger partial charge is 0.465 e. The molecule has 0 bridgehead atoms. The van der Waals surface area contributed by atoms with Crippen molar-refractivity contribution in [1.82, 2.24) is 9.97 Å². The summed E-state index contributed by atoms with van der Waals surface area (Å²) in [6.07, 6.45) is 2.77. The van der Waals surface area contributed by atoms with E-state index in [2.05, 4.69) is 51.9 Å². The summed E-state index contributed by atoms with van der Waals surface area (Å²) >= 11 is 6.80. The van der Waals surface area contributed by atoms with E-state index in [9.17, 15) is 4.79 Å². The maximum absolute atomic E-state index is 11.6. The lowest BCUT2D eigenvalue weighted by atomic mass is 10.2. The average molecular weight is 387 g/mol. The van der Waals surface area contributed by atoms with Gasteiger partial charge in [0.1, 0.15) is 17.7 Å². The van der Waals surface area contributed by atoms with Crippen LogP contribution >= 0.6 is 31.9 Å². The Kier molecular flexibility index (Phi) is 4.49.